The van der Waals surface area contributed by atoms with Crippen LogP contribution < -0.4 is 0 Å². The summed E-state index contributed by atoms with van der Waals surface area (Å²) in [5.41, 5.74) is 0. The number of rotatable bonds is 27. The molecule has 3 unspecified atom stereocenters. The molecule has 0 bridgehead atoms. The van der Waals surface area contributed by atoms with E-state index in [1.165, 1.54) is 77.7 Å². The molecule has 0 aromatic carbocycles. The van der Waals surface area contributed by atoms with Crippen LogP contribution in [0.25, 0.3) is 0 Å². The maximum Gasteiger partial charge on any atom is 0.474 e. The Kier molecular flexibility index (Phi) is 22.7. The van der Waals surface area contributed by atoms with Crippen molar-refractivity contribution in [3.05, 3.63) is 0 Å². The Labute approximate surface area is 290 Å². The Bertz CT molecular complexity index is 884. The highest BCUT2D eigenvalue weighted by Gasteiger charge is 2.52. The minimum atomic E-state index is -4.90. The molecule has 49 heavy (non-hydrogen) atoms. The summed E-state index contributed by atoms with van der Waals surface area (Å²) >= 11 is 0. The Morgan fingerprint density at radius 3 is 1.69 bits per heavy atom. The van der Waals surface area contributed by atoms with Crippen molar-refractivity contribution in [3.8, 4) is 0 Å². The lowest BCUT2D eigenvalue weighted by atomic mass is 9.97. The maximum absolute atomic E-state index is 12.7. The molecule has 2 rings (SSSR count). The monoisotopic (exact) mass is 734 g/mol. The van der Waals surface area contributed by atoms with E-state index in [0.29, 0.717) is 6.61 Å². The number of hydrogen-bond acceptors (Lipinski definition) is 15. The van der Waals surface area contributed by atoms with Gasteiger partial charge in [0.05, 0.1) is 26.4 Å². The highest BCUT2D eigenvalue weighted by atomic mass is 31.2. The highest BCUT2D eigenvalue weighted by molar-refractivity contribution is 7.47. The van der Waals surface area contributed by atoms with Crippen molar-refractivity contribution in [2.75, 3.05) is 40.1 Å². The summed E-state index contributed by atoms with van der Waals surface area (Å²) in [6, 6.07) is 0. The maximum atomic E-state index is 12.7. The summed E-state index contributed by atoms with van der Waals surface area (Å²) < 4.78 is 49.6. The molecule has 0 aromatic rings. The second-order valence-corrected chi connectivity index (χ2v) is 14.3. The fourth-order valence-electron chi connectivity index (χ4n) is 5.78. The molecule has 2 heterocycles. The van der Waals surface area contributed by atoms with Crippen molar-refractivity contribution in [3.63, 3.8) is 0 Å². The summed E-state index contributed by atoms with van der Waals surface area (Å²) in [5, 5.41) is 70.7. The molecule has 17 heteroatoms. The topological polar surface area (TPSA) is 244 Å². The van der Waals surface area contributed by atoms with Crippen molar-refractivity contribution in [1.29, 1.82) is 0 Å². The molecular formula is C32H63O16P. The second-order valence-electron chi connectivity index (χ2n) is 12.9. The predicted octanol–water partition coefficient (Wildman–Crippen LogP) is 1.26. The largest absolute Gasteiger partial charge is 0.474 e. The Morgan fingerprint density at radius 1 is 0.653 bits per heavy atom. The predicted molar refractivity (Wildman–Crippen MR) is 175 cm³/mol. The summed E-state index contributed by atoms with van der Waals surface area (Å²) in [4.78, 5) is 10.3. The molecule has 8 N–H and O–H groups in total. The van der Waals surface area contributed by atoms with Crippen molar-refractivity contribution >= 4 is 7.82 Å². The van der Waals surface area contributed by atoms with Gasteiger partial charge in [0, 0.05) is 13.7 Å². The first-order valence-corrected chi connectivity index (χ1v) is 19.3. The molecule has 0 aliphatic carbocycles. The smallest absolute Gasteiger partial charge is 0.394 e. The van der Waals surface area contributed by atoms with E-state index in [0.717, 1.165) is 19.3 Å². The van der Waals surface area contributed by atoms with E-state index in [1.807, 2.05) is 0 Å². The molecule has 16 nitrogen and oxygen atoms in total. The molecule has 2 fully saturated rings. The third kappa shape index (κ3) is 16.0. The zero-order valence-electron chi connectivity index (χ0n) is 29.1. The van der Waals surface area contributed by atoms with E-state index in [1.54, 1.807) is 0 Å². The lowest BCUT2D eigenvalue weighted by Crippen LogP contribution is -2.64. The van der Waals surface area contributed by atoms with Gasteiger partial charge in [0.15, 0.2) is 12.6 Å². The highest BCUT2D eigenvalue weighted by Crippen LogP contribution is 2.47. The summed E-state index contributed by atoms with van der Waals surface area (Å²) in [6.07, 6.45) is -0.453. The van der Waals surface area contributed by atoms with Crippen molar-refractivity contribution in [1.82, 2.24) is 0 Å². The van der Waals surface area contributed by atoms with Gasteiger partial charge in [-0.2, -0.15) is 0 Å². The molecule has 2 aliphatic rings. The number of hydrogen-bond donors (Lipinski definition) is 8. The van der Waals surface area contributed by atoms with Crippen LogP contribution in [0.4, 0.5) is 0 Å². The first kappa shape index (κ1) is 44.8. The molecular weight excluding hydrogens is 671 g/mol. The van der Waals surface area contributed by atoms with Gasteiger partial charge in [-0.15, -0.1) is 0 Å². The third-order valence-electron chi connectivity index (χ3n) is 8.90. The van der Waals surface area contributed by atoms with Crippen molar-refractivity contribution < 1.29 is 77.9 Å². The van der Waals surface area contributed by atoms with E-state index in [4.69, 9.17) is 32.7 Å². The van der Waals surface area contributed by atoms with Gasteiger partial charge in [0.2, 0.25) is 0 Å². The average molecular weight is 735 g/mol. The third-order valence-corrected chi connectivity index (χ3v) is 9.85. The van der Waals surface area contributed by atoms with Crippen LogP contribution >= 0.6 is 7.82 Å². The number of aliphatic hydroxyl groups is 7. The summed E-state index contributed by atoms with van der Waals surface area (Å²) in [5.74, 6) is 0. The van der Waals surface area contributed by atoms with E-state index in [2.05, 4.69) is 6.92 Å². The van der Waals surface area contributed by atoms with Gasteiger partial charge in [-0.3, -0.25) is 9.05 Å². The molecule has 0 saturated carbocycles. The standard InChI is InChI=1S/C32H63O16P/c1-3-4-5-6-7-8-9-10-11-12-13-14-15-16-17-43-20-22(42-2)21-44-49(40,41)48-32-29(39)27(37)30(24(19-34)46-32)47-31-28(38)26(36)25(35)23(18-33)45-31/h22-39H,3-21H2,1-2H3,(H,40,41)/t22?,23-,24-,25+,26+,27-,28-,29-,30-,31+,32?/m1/s1. The van der Waals surface area contributed by atoms with Crippen LogP contribution in [0.15, 0.2) is 0 Å². The summed E-state index contributed by atoms with van der Waals surface area (Å²) in [7, 11) is -3.52. The van der Waals surface area contributed by atoms with E-state index in [9.17, 15) is 45.2 Å². The molecule has 12 atom stereocenters. The number of aliphatic hydroxyl groups excluding tert-OH is 7. The normalized spacial score (nSPS) is 32.6. The van der Waals surface area contributed by atoms with Crippen LogP contribution in [0.5, 0.6) is 0 Å². The molecule has 2 aliphatic heterocycles. The van der Waals surface area contributed by atoms with Gasteiger partial charge in [-0.05, 0) is 6.42 Å². The zero-order valence-corrected chi connectivity index (χ0v) is 30.0. The Hall–Kier alpha value is -0.370. The first-order valence-electron chi connectivity index (χ1n) is 17.8. The van der Waals surface area contributed by atoms with Gasteiger partial charge in [-0.25, -0.2) is 4.57 Å². The van der Waals surface area contributed by atoms with Crippen LogP contribution in [-0.2, 0) is 37.3 Å². The lowest BCUT2D eigenvalue weighted by molar-refractivity contribution is -0.353. The van der Waals surface area contributed by atoms with Crippen LogP contribution in [0.3, 0.4) is 0 Å². The fraction of sp³-hybridized carbons (Fsp3) is 1.00. The lowest BCUT2D eigenvalue weighted by Gasteiger charge is -2.45. The number of phosphoric acid groups is 1. The molecule has 2 saturated heterocycles. The molecule has 0 radical (unpaired) electrons. The van der Waals surface area contributed by atoms with Gasteiger partial charge in [0.25, 0.3) is 0 Å². The van der Waals surface area contributed by atoms with Crippen LogP contribution in [0.2, 0.25) is 0 Å². The number of phosphoric ester groups is 1. The van der Waals surface area contributed by atoms with Gasteiger partial charge < -0.3 is 64.3 Å². The van der Waals surface area contributed by atoms with Gasteiger partial charge in [-0.1, -0.05) is 90.4 Å². The number of unbranched alkanes of at least 4 members (excludes halogenated alkanes) is 13. The second kappa shape index (κ2) is 24.8. The van der Waals surface area contributed by atoms with E-state index < -0.39 is 95.2 Å². The minimum Gasteiger partial charge on any atom is -0.394 e. The van der Waals surface area contributed by atoms with Crippen LogP contribution in [0, 0.1) is 0 Å². The molecule has 0 spiro atoms. The van der Waals surface area contributed by atoms with Crippen LogP contribution in [-0.4, -0.2) is 148 Å². The average Bonchev–Trinajstić information content (AvgIpc) is 3.08. The number of methoxy groups -OCH3 is 1. The fourth-order valence-corrected chi connectivity index (χ4v) is 6.63. The van der Waals surface area contributed by atoms with Crippen LogP contribution in [0.1, 0.15) is 96.8 Å². The van der Waals surface area contributed by atoms with Crippen molar-refractivity contribution in [2.24, 2.45) is 0 Å². The Balaban J connectivity index is 1.66. The zero-order chi connectivity index (χ0) is 36.2. The minimum absolute atomic E-state index is 0.0970. The summed E-state index contributed by atoms with van der Waals surface area (Å²) in [6.45, 7) is 0.853. The van der Waals surface area contributed by atoms with E-state index in [-0.39, 0.29) is 6.61 Å². The Morgan fingerprint density at radius 2 is 1.16 bits per heavy atom. The molecule has 0 amide bonds. The molecule has 0 aromatic heterocycles. The quantitative estimate of drug-likeness (QED) is 0.0437. The first-order chi connectivity index (χ1) is 23.5. The van der Waals surface area contributed by atoms with Crippen molar-refractivity contribution in [2.45, 2.75) is 164 Å². The van der Waals surface area contributed by atoms with E-state index >= 15 is 0 Å². The molecule has 292 valence electrons. The number of ether oxygens (including phenoxy) is 5. The van der Waals surface area contributed by atoms with Gasteiger partial charge in [0.1, 0.15) is 54.9 Å². The SMILES string of the molecule is CCCCCCCCCCCCCCCCOCC(COP(=O)(O)OC1O[C@H](CO)[C@@H](O[C@@H]2O[C@H](CO)[C@H](O)[C@H](O)[C@H]2O)[C@H](O)[C@H]1O)OC. The van der Waals surface area contributed by atoms with Gasteiger partial charge >= 0.3 is 7.82 Å².